The minimum absolute atomic E-state index is 0.318. The molecule has 92 valence electrons. The number of aliphatic carboxylic acids is 2. The van der Waals surface area contributed by atoms with Crippen molar-refractivity contribution in [2.75, 3.05) is 0 Å². The quantitative estimate of drug-likeness (QED) is 0.475. The predicted molar refractivity (Wildman–Crippen MR) is 52.7 cm³/mol. The second-order valence-corrected chi connectivity index (χ2v) is 3.80. The first-order valence-corrected chi connectivity index (χ1v) is 4.64. The van der Waals surface area contributed by atoms with E-state index in [0.717, 1.165) is 0 Å². The molecule has 0 heterocycles. The van der Waals surface area contributed by atoms with Crippen molar-refractivity contribution >= 4 is 17.8 Å². The predicted octanol–water partition coefficient (Wildman–Crippen LogP) is -0.808. The summed E-state index contributed by atoms with van der Waals surface area (Å²) < 4.78 is 0. The molecule has 0 aliphatic heterocycles. The third-order valence-electron chi connectivity index (χ3n) is 1.73. The minimum atomic E-state index is -2.41. The number of nitrogens with one attached hydrogen (secondary N) is 1. The van der Waals surface area contributed by atoms with Crippen LogP contribution >= 0.6 is 0 Å². The van der Waals surface area contributed by atoms with E-state index < -0.39 is 36.3 Å². The second kappa shape index (κ2) is 5.45. The number of amides is 1. The number of hydrogen-bond donors (Lipinski definition) is 4. The molecule has 0 saturated carbocycles. The first kappa shape index (κ1) is 14.4. The van der Waals surface area contributed by atoms with Crippen LogP contribution in [-0.4, -0.2) is 44.8 Å². The Morgan fingerprint density at radius 3 is 1.75 bits per heavy atom. The minimum Gasteiger partial charge on any atom is -0.481 e. The summed E-state index contributed by atoms with van der Waals surface area (Å²) >= 11 is 0. The smallest absolute Gasteiger partial charge is 0.306 e. The van der Waals surface area contributed by atoms with Crippen LogP contribution in [0.4, 0.5) is 0 Å². The van der Waals surface area contributed by atoms with Crippen molar-refractivity contribution in [2.24, 2.45) is 0 Å². The molecular weight excluding hydrogens is 218 g/mol. The molecule has 16 heavy (non-hydrogen) atoms. The van der Waals surface area contributed by atoms with Gasteiger partial charge in [-0.1, -0.05) is 0 Å². The second-order valence-electron chi connectivity index (χ2n) is 3.80. The summed E-state index contributed by atoms with van der Waals surface area (Å²) in [5.41, 5.74) is -2.41. The number of rotatable bonds is 6. The molecule has 0 aliphatic rings. The van der Waals surface area contributed by atoms with E-state index in [1.807, 2.05) is 0 Å². The summed E-state index contributed by atoms with van der Waals surface area (Å²) in [5, 5.41) is 29.0. The normalized spacial score (nSPS) is 11.2. The van der Waals surface area contributed by atoms with Crippen LogP contribution in [0.2, 0.25) is 0 Å². The molecule has 0 rings (SSSR count). The van der Waals surface area contributed by atoms with Gasteiger partial charge in [0, 0.05) is 6.04 Å². The van der Waals surface area contributed by atoms with Crippen molar-refractivity contribution in [2.45, 2.75) is 38.3 Å². The number of carboxylic acids is 2. The van der Waals surface area contributed by atoms with Crippen molar-refractivity contribution in [3.63, 3.8) is 0 Å². The Labute approximate surface area is 92.1 Å². The van der Waals surface area contributed by atoms with Crippen molar-refractivity contribution in [3.8, 4) is 0 Å². The fourth-order valence-corrected chi connectivity index (χ4v) is 1.12. The van der Waals surface area contributed by atoms with Crippen LogP contribution in [0.5, 0.6) is 0 Å². The zero-order valence-electron chi connectivity index (χ0n) is 9.06. The molecule has 0 saturated heterocycles. The molecule has 0 spiro atoms. The zero-order chi connectivity index (χ0) is 12.9. The molecule has 4 N–H and O–H groups in total. The molecule has 0 fully saturated rings. The lowest BCUT2D eigenvalue weighted by Crippen LogP contribution is -2.51. The van der Waals surface area contributed by atoms with E-state index in [0.29, 0.717) is 0 Å². The van der Waals surface area contributed by atoms with Crippen LogP contribution < -0.4 is 5.32 Å². The van der Waals surface area contributed by atoms with Crippen LogP contribution in [-0.2, 0) is 14.4 Å². The standard InChI is InChI=1S/C9H15NO6/c1-5(2)10-8(15)9(16,3-6(11)12)4-7(13)14/h5,16H,3-4H2,1-2H3,(H,10,15)(H,11,12)(H,13,14). The van der Waals surface area contributed by atoms with E-state index in [-0.39, 0.29) is 6.04 Å². The molecule has 0 aromatic rings. The maximum atomic E-state index is 11.5. The van der Waals surface area contributed by atoms with E-state index in [4.69, 9.17) is 10.2 Å². The van der Waals surface area contributed by atoms with Crippen molar-refractivity contribution in [3.05, 3.63) is 0 Å². The van der Waals surface area contributed by atoms with E-state index in [1.54, 1.807) is 13.8 Å². The van der Waals surface area contributed by atoms with Gasteiger partial charge in [0.15, 0.2) is 5.60 Å². The van der Waals surface area contributed by atoms with Gasteiger partial charge in [0.2, 0.25) is 0 Å². The fourth-order valence-electron chi connectivity index (χ4n) is 1.12. The highest BCUT2D eigenvalue weighted by atomic mass is 16.4. The highest BCUT2D eigenvalue weighted by Gasteiger charge is 2.40. The van der Waals surface area contributed by atoms with Gasteiger partial charge in [0.25, 0.3) is 5.91 Å². The Kier molecular flexibility index (Phi) is 4.90. The molecule has 0 atom stereocenters. The lowest BCUT2D eigenvalue weighted by molar-refractivity contribution is -0.159. The summed E-state index contributed by atoms with van der Waals surface area (Å²) in [6, 6.07) is -0.318. The largest absolute Gasteiger partial charge is 0.481 e. The maximum absolute atomic E-state index is 11.5. The zero-order valence-corrected chi connectivity index (χ0v) is 9.06. The van der Waals surface area contributed by atoms with Gasteiger partial charge in [-0.2, -0.15) is 0 Å². The van der Waals surface area contributed by atoms with Crippen LogP contribution in [0.25, 0.3) is 0 Å². The molecule has 0 aromatic heterocycles. The van der Waals surface area contributed by atoms with Crippen molar-refractivity contribution in [1.82, 2.24) is 5.32 Å². The van der Waals surface area contributed by atoms with Gasteiger partial charge in [-0.25, -0.2) is 0 Å². The summed E-state index contributed by atoms with van der Waals surface area (Å²) in [6.45, 7) is 3.22. The third-order valence-corrected chi connectivity index (χ3v) is 1.73. The van der Waals surface area contributed by atoms with Gasteiger partial charge >= 0.3 is 11.9 Å². The molecule has 0 unspecified atom stereocenters. The van der Waals surface area contributed by atoms with Gasteiger partial charge in [-0.15, -0.1) is 0 Å². The lowest BCUT2D eigenvalue weighted by Gasteiger charge is -2.24. The number of carboxylic acid groups (broad SMARTS) is 2. The van der Waals surface area contributed by atoms with Gasteiger partial charge in [0.1, 0.15) is 0 Å². The highest BCUT2D eigenvalue weighted by molar-refractivity contribution is 5.92. The first-order chi connectivity index (χ1) is 7.17. The Bertz CT molecular complexity index is 282. The van der Waals surface area contributed by atoms with Crippen molar-refractivity contribution < 1.29 is 29.7 Å². The highest BCUT2D eigenvalue weighted by Crippen LogP contribution is 2.16. The molecule has 0 aliphatic carbocycles. The summed E-state index contributed by atoms with van der Waals surface area (Å²) in [6.07, 6.45) is -1.89. The molecule has 0 radical (unpaired) electrons. The molecule has 0 aromatic carbocycles. The molecule has 1 amide bonds. The third kappa shape index (κ3) is 4.74. The average molecular weight is 233 g/mol. The van der Waals surface area contributed by atoms with Crippen LogP contribution in [0.15, 0.2) is 0 Å². The first-order valence-electron chi connectivity index (χ1n) is 4.64. The van der Waals surface area contributed by atoms with E-state index in [2.05, 4.69) is 5.32 Å². The van der Waals surface area contributed by atoms with Crippen LogP contribution in [0.1, 0.15) is 26.7 Å². The summed E-state index contributed by atoms with van der Waals surface area (Å²) in [4.78, 5) is 32.4. The number of aliphatic hydroxyl groups is 1. The number of carbonyl (C=O) groups is 3. The number of hydrogen-bond acceptors (Lipinski definition) is 4. The molecular formula is C9H15NO6. The van der Waals surface area contributed by atoms with Crippen molar-refractivity contribution in [1.29, 1.82) is 0 Å². The summed E-state index contributed by atoms with van der Waals surface area (Å²) in [5.74, 6) is -3.88. The Morgan fingerprint density at radius 1 is 1.12 bits per heavy atom. The van der Waals surface area contributed by atoms with Crippen LogP contribution in [0, 0.1) is 0 Å². The van der Waals surface area contributed by atoms with E-state index >= 15 is 0 Å². The summed E-state index contributed by atoms with van der Waals surface area (Å²) in [7, 11) is 0. The average Bonchev–Trinajstić information content (AvgIpc) is 1.98. The lowest BCUT2D eigenvalue weighted by atomic mass is 9.94. The topological polar surface area (TPSA) is 124 Å². The Morgan fingerprint density at radius 2 is 1.50 bits per heavy atom. The maximum Gasteiger partial charge on any atom is 0.306 e. The van der Waals surface area contributed by atoms with Gasteiger partial charge in [0.05, 0.1) is 12.8 Å². The Balaban J connectivity index is 4.83. The molecule has 7 nitrogen and oxygen atoms in total. The monoisotopic (exact) mass is 233 g/mol. The number of carbonyl (C=O) groups excluding carboxylic acids is 1. The molecule has 0 bridgehead atoms. The fraction of sp³-hybridized carbons (Fsp3) is 0.667. The van der Waals surface area contributed by atoms with E-state index in [9.17, 15) is 19.5 Å². The van der Waals surface area contributed by atoms with Gasteiger partial charge in [-0.3, -0.25) is 14.4 Å². The van der Waals surface area contributed by atoms with Gasteiger partial charge < -0.3 is 20.6 Å². The Hall–Kier alpha value is -1.63. The molecule has 7 heteroatoms. The van der Waals surface area contributed by atoms with E-state index in [1.165, 1.54) is 0 Å². The van der Waals surface area contributed by atoms with Gasteiger partial charge in [-0.05, 0) is 13.8 Å². The SMILES string of the molecule is CC(C)NC(=O)C(O)(CC(=O)O)CC(=O)O. The van der Waals surface area contributed by atoms with Crippen LogP contribution in [0.3, 0.4) is 0 Å².